The van der Waals surface area contributed by atoms with E-state index in [1.54, 1.807) is 30.2 Å². The fourth-order valence-electron chi connectivity index (χ4n) is 8.06. The minimum Gasteiger partial charge on any atom is -0.336 e. The molecule has 0 unspecified atom stereocenters. The van der Waals surface area contributed by atoms with E-state index in [1.165, 1.54) is 12.1 Å². The van der Waals surface area contributed by atoms with Gasteiger partial charge in [0, 0.05) is 30.1 Å². The van der Waals surface area contributed by atoms with Crippen molar-refractivity contribution in [3.05, 3.63) is 42.0 Å². The number of likely N-dealkylation sites (N-methyl/N-ethyl adjacent to an activating group) is 1. The molecule has 6 heteroatoms. The molecule has 1 aliphatic heterocycles. The predicted molar refractivity (Wildman–Crippen MR) is 119 cm³/mol. The van der Waals surface area contributed by atoms with Gasteiger partial charge in [-0.15, -0.1) is 0 Å². The van der Waals surface area contributed by atoms with Gasteiger partial charge in [0.1, 0.15) is 5.82 Å². The highest BCUT2D eigenvalue weighted by atomic mass is 19.1. The molecule has 1 aromatic carbocycles. The largest absolute Gasteiger partial charge is 0.336 e. The van der Waals surface area contributed by atoms with E-state index < -0.39 is 11.7 Å². The lowest BCUT2D eigenvalue weighted by molar-refractivity contribution is -0.144. The van der Waals surface area contributed by atoms with Gasteiger partial charge in [0.15, 0.2) is 5.83 Å². The van der Waals surface area contributed by atoms with E-state index in [4.69, 9.17) is 0 Å². The van der Waals surface area contributed by atoms with Gasteiger partial charge in [-0.05, 0) is 86.0 Å². The number of nitrogens with zero attached hydrogens (tertiary/aromatic N) is 1. The maximum atomic E-state index is 14.5. The molecule has 1 N–H and O–H groups in total. The third-order valence-electron chi connectivity index (χ3n) is 9.57. The van der Waals surface area contributed by atoms with E-state index in [0.717, 1.165) is 38.5 Å². The minimum absolute atomic E-state index is 0.0205. The van der Waals surface area contributed by atoms with Gasteiger partial charge in [-0.3, -0.25) is 9.59 Å². The number of rotatable bonds is 2. The molecule has 0 aromatic heterocycles. The number of hydrogen-bond donors (Lipinski definition) is 1. The molecule has 4 nitrogen and oxygen atoms in total. The second kappa shape index (κ2) is 7.39. The number of carbonyl (C=O) groups is 2. The summed E-state index contributed by atoms with van der Waals surface area (Å²) >= 11 is 0. The van der Waals surface area contributed by atoms with Crippen LogP contribution in [-0.2, 0) is 9.59 Å². The molecule has 1 aromatic rings. The molecule has 172 valence electrons. The summed E-state index contributed by atoms with van der Waals surface area (Å²) in [6.45, 7) is 4.38. The first kappa shape index (κ1) is 21.6. The van der Waals surface area contributed by atoms with Crippen LogP contribution in [0, 0.1) is 40.3 Å². The van der Waals surface area contributed by atoms with Gasteiger partial charge in [0.2, 0.25) is 5.91 Å². The second-order valence-corrected chi connectivity index (χ2v) is 10.9. The Morgan fingerprint density at radius 3 is 2.62 bits per heavy atom. The topological polar surface area (TPSA) is 49.4 Å². The Balaban J connectivity index is 1.39. The number of halogens is 2. The van der Waals surface area contributed by atoms with Gasteiger partial charge < -0.3 is 10.2 Å². The molecule has 32 heavy (non-hydrogen) atoms. The van der Waals surface area contributed by atoms with E-state index >= 15 is 0 Å². The fourth-order valence-corrected chi connectivity index (χ4v) is 8.06. The van der Waals surface area contributed by atoms with Gasteiger partial charge in [-0.2, -0.15) is 0 Å². The van der Waals surface area contributed by atoms with Crippen LogP contribution < -0.4 is 5.32 Å². The summed E-state index contributed by atoms with van der Waals surface area (Å²) in [5.74, 6) is -0.474. The highest BCUT2D eigenvalue weighted by molar-refractivity contribution is 5.93. The molecule has 4 aliphatic rings. The van der Waals surface area contributed by atoms with Crippen molar-refractivity contribution in [3.8, 4) is 0 Å². The Morgan fingerprint density at radius 1 is 1.09 bits per heavy atom. The number of hydrogen-bond acceptors (Lipinski definition) is 2. The third-order valence-corrected chi connectivity index (χ3v) is 9.57. The number of nitrogens with one attached hydrogen (secondary N) is 1. The Labute approximate surface area is 188 Å². The molecule has 0 saturated heterocycles. The number of carbonyl (C=O) groups excluding carboxylic acids is 2. The van der Waals surface area contributed by atoms with Gasteiger partial charge in [-0.1, -0.05) is 19.9 Å². The predicted octanol–water partition coefficient (Wildman–Crippen LogP) is 5.32. The Bertz CT molecular complexity index is 994. The van der Waals surface area contributed by atoms with Crippen molar-refractivity contribution in [1.29, 1.82) is 0 Å². The third kappa shape index (κ3) is 3.05. The molecule has 1 heterocycles. The molecule has 3 fully saturated rings. The van der Waals surface area contributed by atoms with Crippen molar-refractivity contribution in [1.82, 2.24) is 4.90 Å². The van der Waals surface area contributed by atoms with Crippen LogP contribution in [0.15, 0.2) is 36.2 Å². The van der Waals surface area contributed by atoms with Gasteiger partial charge in [0.05, 0.1) is 0 Å². The maximum absolute atomic E-state index is 14.5. The first-order valence-electron chi connectivity index (χ1n) is 11.9. The van der Waals surface area contributed by atoms with Crippen LogP contribution in [0.1, 0.15) is 52.4 Å². The number of amides is 2. The van der Waals surface area contributed by atoms with E-state index in [0.29, 0.717) is 23.4 Å². The molecule has 5 rings (SSSR count). The van der Waals surface area contributed by atoms with E-state index in [9.17, 15) is 18.4 Å². The van der Waals surface area contributed by atoms with Crippen molar-refractivity contribution in [2.24, 2.45) is 34.5 Å². The highest BCUT2D eigenvalue weighted by Gasteiger charge is 2.62. The van der Waals surface area contributed by atoms with Crippen molar-refractivity contribution in [2.45, 2.75) is 58.4 Å². The van der Waals surface area contributed by atoms with Crippen molar-refractivity contribution < 1.29 is 18.4 Å². The molecular weight excluding hydrogens is 410 g/mol. The molecule has 0 bridgehead atoms. The normalized spacial score (nSPS) is 40.8. The molecule has 3 saturated carbocycles. The zero-order valence-electron chi connectivity index (χ0n) is 19.0. The average Bonchev–Trinajstić information content (AvgIpc) is 3.09. The minimum atomic E-state index is -0.626. The zero-order valence-corrected chi connectivity index (χ0v) is 19.0. The summed E-state index contributed by atoms with van der Waals surface area (Å²) in [6.07, 6.45) is 7.15. The Hall–Kier alpha value is -2.24. The van der Waals surface area contributed by atoms with Crippen LogP contribution in [0.2, 0.25) is 0 Å². The first-order valence-corrected chi connectivity index (χ1v) is 11.9. The molecular formula is C26H32F2N2O2. The first-order chi connectivity index (χ1) is 15.1. The molecule has 0 spiro atoms. The monoisotopic (exact) mass is 442 g/mol. The smallest absolute Gasteiger partial charge is 0.282 e. The van der Waals surface area contributed by atoms with E-state index in [-0.39, 0.29) is 34.5 Å². The molecule has 2 amide bonds. The summed E-state index contributed by atoms with van der Waals surface area (Å²) in [5, 5.41) is 2.94. The zero-order chi connectivity index (χ0) is 22.8. The van der Waals surface area contributed by atoms with Crippen LogP contribution >= 0.6 is 0 Å². The van der Waals surface area contributed by atoms with Crippen molar-refractivity contribution >= 4 is 17.5 Å². The van der Waals surface area contributed by atoms with E-state index in [2.05, 4.69) is 19.2 Å². The van der Waals surface area contributed by atoms with Crippen molar-refractivity contribution in [3.63, 3.8) is 0 Å². The average molecular weight is 443 g/mol. The number of fused-ring (bicyclic) bond motifs is 5. The summed E-state index contributed by atoms with van der Waals surface area (Å²) < 4.78 is 28.1. The highest BCUT2D eigenvalue weighted by Crippen LogP contribution is 2.65. The molecule has 0 radical (unpaired) electrons. The van der Waals surface area contributed by atoms with Gasteiger partial charge in [-0.25, -0.2) is 8.78 Å². The van der Waals surface area contributed by atoms with Crippen LogP contribution in [-0.4, -0.2) is 29.8 Å². The van der Waals surface area contributed by atoms with Crippen LogP contribution in [0.5, 0.6) is 0 Å². The Morgan fingerprint density at radius 2 is 1.88 bits per heavy atom. The van der Waals surface area contributed by atoms with E-state index in [1.807, 2.05) is 0 Å². The van der Waals surface area contributed by atoms with Crippen LogP contribution in [0.3, 0.4) is 0 Å². The lowest BCUT2D eigenvalue weighted by Crippen LogP contribution is -2.60. The lowest BCUT2D eigenvalue weighted by Gasteiger charge is -2.60. The summed E-state index contributed by atoms with van der Waals surface area (Å²) in [4.78, 5) is 27.1. The summed E-state index contributed by atoms with van der Waals surface area (Å²) in [6, 6.07) is 6.08. The standard InChI is InChI=1S/C26H32F2N2O2/c1-25-12-11-19-17(7-10-22-26(19,2)14-21(28)24(32)30(22)3)18(25)8-9-20(25)23(31)29-16-6-4-5-15(27)13-16/h4-6,13-14,17-20,22H,7-12H2,1-3H3,(H,29,31)/t17-,18-,19-,20+,22+,25-,26+/m0/s1. The second-order valence-electron chi connectivity index (χ2n) is 10.9. The van der Waals surface area contributed by atoms with Gasteiger partial charge in [0.25, 0.3) is 5.91 Å². The number of anilines is 1. The quantitative estimate of drug-likeness (QED) is 0.674. The van der Waals surface area contributed by atoms with Gasteiger partial charge >= 0.3 is 0 Å². The SMILES string of the molecule is CN1C(=O)C(F)=C[C@]2(C)[C@H]3CC[C@]4(C)[C@@H](C(=O)Nc5cccc(F)c5)CC[C@H]4[C@@H]3CC[C@@H]12. The molecule has 3 aliphatic carbocycles. The maximum Gasteiger partial charge on any atom is 0.282 e. The van der Waals surface area contributed by atoms with Crippen LogP contribution in [0.4, 0.5) is 14.5 Å². The summed E-state index contributed by atoms with van der Waals surface area (Å²) in [5.41, 5.74) is 0.0264. The van der Waals surface area contributed by atoms with Crippen molar-refractivity contribution in [2.75, 3.05) is 12.4 Å². The summed E-state index contributed by atoms with van der Waals surface area (Å²) in [7, 11) is 1.73. The molecule has 7 atom stereocenters. The lowest BCUT2D eigenvalue weighted by atomic mass is 9.47. The van der Waals surface area contributed by atoms with Crippen LogP contribution in [0.25, 0.3) is 0 Å². The Kier molecular flexibility index (Phi) is 4.99. The fraction of sp³-hybridized carbons (Fsp3) is 0.615. The number of benzene rings is 1.